The smallest absolute Gasteiger partial charge is 0.406 e. The number of anilines is 1. The summed E-state index contributed by atoms with van der Waals surface area (Å²) in [5.41, 5.74) is 3.64. The molecular weight excluding hydrogens is 499 g/mol. The number of benzene rings is 2. The van der Waals surface area contributed by atoms with E-state index in [0.717, 1.165) is 16.0 Å². The van der Waals surface area contributed by atoms with Gasteiger partial charge in [0.05, 0.1) is 26.6 Å². The van der Waals surface area contributed by atoms with Crippen LogP contribution in [0, 0.1) is 0 Å². The molecule has 38 heavy (non-hydrogen) atoms. The molecule has 0 N–H and O–H groups in total. The second kappa shape index (κ2) is 10.2. The van der Waals surface area contributed by atoms with Gasteiger partial charge in [-0.2, -0.15) is 13.2 Å². The van der Waals surface area contributed by atoms with Crippen LogP contribution >= 0.6 is 0 Å². The van der Waals surface area contributed by atoms with E-state index in [9.17, 15) is 18.0 Å². The average molecular weight is 524 g/mol. The molecule has 196 valence electrons. The molecule has 0 saturated carbocycles. The molecule has 0 fully saturated rings. The van der Waals surface area contributed by atoms with Gasteiger partial charge >= 0.3 is 6.18 Å². The van der Waals surface area contributed by atoms with Gasteiger partial charge in [-0.1, -0.05) is 29.5 Å². The first kappa shape index (κ1) is 25.2. The van der Waals surface area contributed by atoms with E-state index in [1.165, 1.54) is 4.68 Å². The number of pyridine rings is 1. The van der Waals surface area contributed by atoms with Crippen LogP contribution in [0.3, 0.4) is 0 Å². The van der Waals surface area contributed by atoms with Crippen molar-refractivity contribution in [2.75, 3.05) is 25.7 Å². The number of hydrogen-bond donors (Lipinski definition) is 0. The SMILES string of the molecule is COc1cnccc1-c1ccc(-c2cn(C3CCc4ccccc4N(CC(F)(F)F)C3=O)nn2)cc1OC. The van der Waals surface area contributed by atoms with Crippen molar-refractivity contribution in [3.05, 3.63) is 72.7 Å². The fourth-order valence-corrected chi connectivity index (χ4v) is 4.69. The molecule has 1 aliphatic rings. The number of rotatable bonds is 6. The quantitative estimate of drug-likeness (QED) is 0.350. The van der Waals surface area contributed by atoms with E-state index in [0.29, 0.717) is 34.7 Å². The Hall–Kier alpha value is -4.41. The van der Waals surface area contributed by atoms with Crippen molar-refractivity contribution in [3.63, 3.8) is 0 Å². The van der Waals surface area contributed by atoms with E-state index < -0.39 is 24.7 Å². The van der Waals surface area contributed by atoms with E-state index in [4.69, 9.17) is 9.47 Å². The Morgan fingerprint density at radius 1 is 1.03 bits per heavy atom. The van der Waals surface area contributed by atoms with Gasteiger partial charge in [-0.25, -0.2) is 4.68 Å². The van der Waals surface area contributed by atoms with Crippen LogP contribution in [0.2, 0.25) is 0 Å². The molecule has 0 aliphatic carbocycles. The molecule has 0 saturated heterocycles. The van der Waals surface area contributed by atoms with Gasteiger partial charge in [-0.05, 0) is 42.7 Å². The maximum Gasteiger partial charge on any atom is 0.406 e. The third-order valence-corrected chi connectivity index (χ3v) is 6.48. The molecule has 1 aliphatic heterocycles. The summed E-state index contributed by atoms with van der Waals surface area (Å²) in [7, 11) is 3.10. The van der Waals surface area contributed by atoms with Gasteiger partial charge in [0, 0.05) is 28.6 Å². The van der Waals surface area contributed by atoms with Crippen LogP contribution in [-0.2, 0) is 11.2 Å². The predicted molar refractivity (Wildman–Crippen MR) is 134 cm³/mol. The van der Waals surface area contributed by atoms with Gasteiger partial charge in [0.2, 0.25) is 0 Å². The van der Waals surface area contributed by atoms with Crippen LogP contribution in [0.25, 0.3) is 22.4 Å². The number of nitrogens with zero attached hydrogens (tertiary/aromatic N) is 5. The maximum absolute atomic E-state index is 13.4. The van der Waals surface area contributed by atoms with Crippen LogP contribution in [-0.4, -0.2) is 52.8 Å². The molecule has 1 unspecified atom stereocenters. The zero-order chi connectivity index (χ0) is 26.9. The second-order valence-electron chi connectivity index (χ2n) is 8.80. The van der Waals surface area contributed by atoms with Crippen LogP contribution in [0.1, 0.15) is 18.0 Å². The molecule has 0 spiro atoms. The molecule has 1 amide bonds. The summed E-state index contributed by atoms with van der Waals surface area (Å²) in [6.45, 7) is -1.38. The number of amides is 1. The molecule has 4 aromatic rings. The van der Waals surface area contributed by atoms with E-state index in [1.807, 2.05) is 18.2 Å². The Morgan fingerprint density at radius 3 is 2.55 bits per heavy atom. The van der Waals surface area contributed by atoms with Crippen LogP contribution < -0.4 is 14.4 Å². The lowest BCUT2D eigenvalue weighted by Crippen LogP contribution is -2.42. The number of carbonyl (C=O) groups excluding carboxylic acids is 1. The third kappa shape index (κ3) is 4.91. The zero-order valence-electron chi connectivity index (χ0n) is 20.6. The molecule has 1 atom stereocenters. The molecule has 3 heterocycles. The summed E-state index contributed by atoms with van der Waals surface area (Å²) in [6.07, 6.45) is 0.996. The summed E-state index contributed by atoms with van der Waals surface area (Å²) < 4.78 is 52.6. The number of hydrogen-bond acceptors (Lipinski definition) is 6. The van der Waals surface area contributed by atoms with Crippen molar-refractivity contribution in [1.29, 1.82) is 0 Å². The van der Waals surface area contributed by atoms with E-state index in [1.54, 1.807) is 63.1 Å². The monoisotopic (exact) mass is 523 g/mol. The average Bonchev–Trinajstić information content (AvgIpc) is 3.36. The van der Waals surface area contributed by atoms with Crippen molar-refractivity contribution in [1.82, 2.24) is 20.0 Å². The zero-order valence-corrected chi connectivity index (χ0v) is 20.6. The number of para-hydroxylation sites is 1. The first-order valence-corrected chi connectivity index (χ1v) is 11.8. The van der Waals surface area contributed by atoms with E-state index >= 15 is 0 Å². The summed E-state index contributed by atoms with van der Waals surface area (Å²) in [5, 5.41) is 8.35. The number of alkyl halides is 3. The van der Waals surface area contributed by atoms with Gasteiger partial charge in [0.25, 0.3) is 5.91 Å². The summed E-state index contributed by atoms with van der Waals surface area (Å²) in [4.78, 5) is 18.3. The standard InChI is InChI=1S/C27H24F3N5O3/c1-37-24-13-18(7-9-19(24)20-11-12-31-14-25(20)38-2)21-15-35(33-32-21)23-10-8-17-5-3-4-6-22(17)34(26(23)36)16-27(28,29)30/h3-7,9,11-15,23H,8,10,16H2,1-2H3. The lowest BCUT2D eigenvalue weighted by atomic mass is 10.0. The number of aromatic nitrogens is 4. The molecule has 11 heteroatoms. The van der Waals surface area contributed by atoms with Crippen LogP contribution in [0.5, 0.6) is 11.5 Å². The summed E-state index contributed by atoms with van der Waals surface area (Å²) in [5.74, 6) is 0.459. The molecule has 0 radical (unpaired) electrons. The molecule has 2 aromatic carbocycles. The normalized spacial score (nSPS) is 15.7. The van der Waals surface area contributed by atoms with E-state index in [2.05, 4.69) is 15.3 Å². The Bertz CT molecular complexity index is 1470. The number of aryl methyl sites for hydroxylation is 1. The predicted octanol–water partition coefficient (Wildman–Crippen LogP) is 5.11. The van der Waals surface area contributed by atoms with Crippen LogP contribution in [0.15, 0.2) is 67.1 Å². The van der Waals surface area contributed by atoms with Crippen molar-refractivity contribution in [2.24, 2.45) is 0 Å². The maximum atomic E-state index is 13.4. The minimum Gasteiger partial charge on any atom is -0.496 e. The summed E-state index contributed by atoms with van der Waals surface area (Å²) in [6, 6.07) is 13.0. The van der Waals surface area contributed by atoms with Gasteiger partial charge in [-0.15, -0.1) is 5.10 Å². The molecule has 8 nitrogen and oxygen atoms in total. The number of halogens is 3. The Labute approximate surface area is 216 Å². The Balaban J connectivity index is 1.47. The molecular formula is C27H24F3N5O3. The minimum absolute atomic E-state index is 0.268. The van der Waals surface area contributed by atoms with Gasteiger partial charge in [0.15, 0.2) is 0 Å². The fraction of sp³-hybridized carbons (Fsp3) is 0.259. The van der Waals surface area contributed by atoms with Crippen molar-refractivity contribution in [2.45, 2.75) is 25.1 Å². The van der Waals surface area contributed by atoms with Crippen LogP contribution in [0.4, 0.5) is 18.9 Å². The third-order valence-electron chi connectivity index (χ3n) is 6.48. The lowest BCUT2D eigenvalue weighted by molar-refractivity contribution is -0.134. The van der Waals surface area contributed by atoms with Gasteiger partial charge in [0.1, 0.15) is 29.8 Å². The lowest BCUT2D eigenvalue weighted by Gasteiger charge is -2.26. The van der Waals surface area contributed by atoms with Crippen molar-refractivity contribution < 1.29 is 27.4 Å². The molecule has 5 rings (SSSR count). The second-order valence-corrected chi connectivity index (χ2v) is 8.80. The molecule has 0 bridgehead atoms. The highest BCUT2D eigenvalue weighted by molar-refractivity contribution is 5.97. The minimum atomic E-state index is -4.55. The topological polar surface area (TPSA) is 82.4 Å². The number of ether oxygens (including phenoxy) is 2. The first-order valence-electron chi connectivity index (χ1n) is 11.8. The van der Waals surface area contributed by atoms with Gasteiger partial charge in [-0.3, -0.25) is 9.78 Å². The van der Waals surface area contributed by atoms with Crippen molar-refractivity contribution in [3.8, 4) is 33.9 Å². The summed E-state index contributed by atoms with van der Waals surface area (Å²) >= 11 is 0. The number of methoxy groups -OCH3 is 2. The Kier molecular flexibility index (Phi) is 6.75. The fourth-order valence-electron chi connectivity index (χ4n) is 4.69. The highest BCUT2D eigenvalue weighted by Crippen LogP contribution is 2.38. The molecule has 2 aromatic heterocycles. The largest absolute Gasteiger partial charge is 0.496 e. The first-order chi connectivity index (χ1) is 18.3. The number of carbonyl (C=O) groups is 1. The van der Waals surface area contributed by atoms with Gasteiger partial charge < -0.3 is 14.4 Å². The van der Waals surface area contributed by atoms with E-state index in [-0.39, 0.29) is 12.1 Å². The highest BCUT2D eigenvalue weighted by Gasteiger charge is 2.39. The number of fused-ring (bicyclic) bond motifs is 1. The Morgan fingerprint density at radius 2 is 1.79 bits per heavy atom. The highest BCUT2D eigenvalue weighted by atomic mass is 19.4. The van der Waals surface area contributed by atoms with Crippen molar-refractivity contribution >= 4 is 11.6 Å².